The van der Waals surface area contributed by atoms with E-state index in [1.165, 1.54) is 0 Å². The fourth-order valence-corrected chi connectivity index (χ4v) is 4.48. The molecule has 1 aromatic carbocycles. The van der Waals surface area contributed by atoms with Gasteiger partial charge in [0.1, 0.15) is 0 Å². The minimum absolute atomic E-state index is 0.247. The minimum atomic E-state index is 0.247. The van der Waals surface area contributed by atoms with Crippen molar-refractivity contribution in [1.29, 1.82) is 0 Å². The molecule has 1 fully saturated rings. The van der Waals surface area contributed by atoms with Crippen LogP contribution in [0.15, 0.2) is 36.8 Å². The number of benzene rings is 1. The number of likely N-dealkylation sites (N-methyl/N-ethyl adjacent to an activating group) is 1. The molecule has 0 amide bonds. The average Bonchev–Trinajstić information content (AvgIpc) is 3.21. The summed E-state index contributed by atoms with van der Waals surface area (Å²) >= 11 is 12.4. The summed E-state index contributed by atoms with van der Waals surface area (Å²) in [7, 11) is 0. The Morgan fingerprint density at radius 2 is 1.88 bits per heavy atom. The molecule has 0 spiro atoms. The number of nitrogens with one attached hydrogen (secondary N) is 1. The van der Waals surface area contributed by atoms with Crippen LogP contribution in [0.4, 0.5) is 11.5 Å². The lowest BCUT2D eigenvalue weighted by Gasteiger charge is -2.34. The van der Waals surface area contributed by atoms with E-state index in [4.69, 9.17) is 23.2 Å². The molecule has 1 aliphatic rings. The highest BCUT2D eigenvalue weighted by molar-refractivity contribution is 6.31. The first-order valence-electron chi connectivity index (χ1n) is 10.8. The lowest BCUT2D eigenvalue weighted by molar-refractivity contribution is 0.270. The molecule has 10 heteroatoms. The number of anilines is 2. The molecule has 0 bridgehead atoms. The van der Waals surface area contributed by atoms with E-state index in [1.54, 1.807) is 6.20 Å². The van der Waals surface area contributed by atoms with Crippen LogP contribution in [0.1, 0.15) is 6.92 Å². The van der Waals surface area contributed by atoms with E-state index in [1.807, 2.05) is 35.2 Å². The van der Waals surface area contributed by atoms with Crippen molar-refractivity contribution in [3.63, 3.8) is 0 Å². The minimum Gasteiger partial charge on any atom is -0.383 e. The molecule has 0 unspecified atom stereocenters. The summed E-state index contributed by atoms with van der Waals surface area (Å²) < 4.78 is 2.02. The second kappa shape index (κ2) is 9.05. The summed E-state index contributed by atoms with van der Waals surface area (Å²) in [4.78, 5) is 22.7. The third-order valence-electron chi connectivity index (χ3n) is 5.91. The number of pyridine rings is 1. The Kier molecular flexibility index (Phi) is 5.99. The first kappa shape index (κ1) is 21.2. The highest BCUT2D eigenvalue weighted by atomic mass is 35.5. The van der Waals surface area contributed by atoms with Gasteiger partial charge < -0.3 is 19.7 Å². The molecule has 3 aromatic heterocycles. The average molecular weight is 471 g/mol. The number of aromatic nitrogens is 5. The number of nitrogens with zero attached hydrogens (tertiary/aromatic N) is 7. The molecule has 32 heavy (non-hydrogen) atoms. The Bertz CT molecular complexity index is 1250. The predicted molar refractivity (Wildman–Crippen MR) is 130 cm³/mol. The molecule has 0 radical (unpaired) electrons. The lowest BCUT2D eigenvalue weighted by Crippen LogP contribution is -2.46. The summed E-state index contributed by atoms with van der Waals surface area (Å²) in [5.41, 5.74) is 3.43. The van der Waals surface area contributed by atoms with E-state index in [-0.39, 0.29) is 5.28 Å². The van der Waals surface area contributed by atoms with E-state index in [0.29, 0.717) is 18.1 Å². The summed E-state index contributed by atoms with van der Waals surface area (Å²) in [5.74, 6) is 0.819. The summed E-state index contributed by atoms with van der Waals surface area (Å²) in [6, 6.07) is 7.69. The van der Waals surface area contributed by atoms with Crippen LogP contribution in [0.3, 0.4) is 0 Å². The molecule has 1 saturated heterocycles. The van der Waals surface area contributed by atoms with Crippen LogP contribution in [0, 0.1) is 0 Å². The zero-order valence-corrected chi connectivity index (χ0v) is 19.3. The van der Waals surface area contributed by atoms with Gasteiger partial charge in [-0.2, -0.15) is 9.97 Å². The highest BCUT2D eigenvalue weighted by Crippen LogP contribution is 2.26. The Morgan fingerprint density at radius 1 is 1.03 bits per heavy atom. The zero-order valence-electron chi connectivity index (χ0n) is 17.8. The number of hydrogen-bond donors (Lipinski definition) is 1. The molecule has 1 aliphatic heterocycles. The normalized spacial score (nSPS) is 15.0. The van der Waals surface area contributed by atoms with E-state index < -0.39 is 0 Å². The summed E-state index contributed by atoms with van der Waals surface area (Å²) in [5, 5.41) is 5.45. The van der Waals surface area contributed by atoms with Crippen LogP contribution in [-0.2, 0) is 6.54 Å². The van der Waals surface area contributed by atoms with Gasteiger partial charge in [0.15, 0.2) is 17.0 Å². The predicted octanol–water partition coefficient (Wildman–Crippen LogP) is 3.94. The third-order valence-corrected chi connectivity index (χ3v) is 6.31. The first-order valence-corrected chi connectivity index (χ1v) is 11.5. The van der Waals surface area contributed by atoms with Crippen molar-refractivity contribution in [2.24, 2.45) is 0 Å². The quantitative estimate of drug-likeness (QED) is 0.427. The smallest absolute Gasteiger partial charge is 0.226 e. The monoisotopic (exact) mass is 470 g/mol. The second-order valence-electron chi connectivity index (χ2n) is 7.79. The van der Waals surface area contributed by atoms with Crippen molar-refractivity contribution >= 4 is 56.8 Å². The SMILES string of the molecule is CCN1CCN(c2nc(Cl)nc3c2ncn3CCNc2ccnc3cc(Cl)ccc23)CC1. The van der Waals surface area contributed by atoms with Gasteiger partial charge in [-0.15, -0.1) is 0 Å². The number of fused-ring (bicyclic) bond motifs is 2. The maximum atomic E-state index is 6.30. The van der Waals surface area contributed by atoms with Crippen LogP contribution < -0.4 is 10.2 Å². The van der Waals surface area contributed by atoms with Gasteiger partial charge in [0.05, 0.1) is 11.8 Å². The van der Waals surface area contributed by atoms with Gasteiger partial charge in [0.25, 0.3) is 0 Å². The fraction of sp³-hybridized carbons (Fsp3) is 0.364. The Morgan fingerprint density at radius 3 is 2.69 bits per heavy atom. The molecule has 1 N–H and O–H groups in total. The van der Waals surface area contributed by atoms with Gasteiger partial charge in [-0.05, 0) is 42.4 Å². The second-order valence-corrected chi connectivity index (χ2v) is 8.57. The van der Waals surface area contributed by atoms with Gasteiger partial charge in [0.2, 0.25) is 5.28 Å². The Labute approximate surface area is 196 Å². The van der Waals surface area contributed by atoms with Crippen LogP contribution >= 0.6 is 23.2 Å². The van der Waals surface area contributed by atoms with E-state index in [0.717, 1.165) is 66.3 Å². The number of halogens is 2. The summed E-state index contributed by atoms with van der Waals surface area (Å²) in [6.07, 6.45) is 3.60. The Hall–Kier alpha value is -2.68. The molecule has 8 nitrogen and oxygen atoms in total. The lowest BCUT2D eigenvalue weighted by atomic mass is 10.2. The fourth-order valence-electron chi connectivity index (χ4n) is 4.15. The van der Waals surface area contributed by atoms with Crippen molar-refractivity contribution in [2.45, 2.75) is 13.5 Å². The molecule has 4 heterocycles. The first-order chi connectivity index (χ1) is 15.6. The van der Waals surface area contributed by atoms with Crippen molar-refractivity contribution in [3.05, 3.63) is 47.1 Å². The Balaban J connectivity index is 1.34. The molecule has 0 atom stereocenters. The van der Waals surface area contributed by atoms with Gasteiger partial charge in [0, 0.05) is 61.6 Å². The number of imidazole rings is 1. The van der Waals surface area contributed by atoms with Crippen LogP contribution in [0.5, 0.6) is 0 Å². The zero-order chi connectivity index (χ0) is 22.1. The van der Waals surface area contributed by atoms with Crippen molar-refractivity contribution in [2.75, 3.05) is 49.5 Å². The van der Waals surface area contributed by atoms with Crippen molar-refractivity contribution < 1.29 is 0 Å². The maximum absolute atomic E-state index is 6.30. The molecule has 0 saturated carbocycles. The van der Waals surface area contributed by atoms with Crippen LogP contribution in [0.2, 0.25) is 10.3 Å². The van der Waals surface area contributed by atoms with Crippen LogP contribution in [-0.4, -0.2) is 68.7 Å². The van der Waals surface area contributed by atoms with Gasteiger partial charge >= 0.3 is 0 Å². The van der Waals surface area contributed by atoms with Gasteiger partial charge in [-0.3, -0.25) is 4.98 Å². The third kappa shape index (κ3) is 4.18. The van der Waals surface area contributed by atoms with Crippen molar-refractivity contribution in [1.82, 2.24) is 29.4 Å². The van der Waals surface area contributed by atoms with E-state index in [9.17, 15) is 0 Å². The van der Waals surface area contributed by atoms with E-state index >= 15 is 0 Å². The molecular formula is C22H24Cl2N8. The van der Waals surface area contributed by atoms with E-state index in [2.05, 4.69) is 42.0 Å². The summed E-state index contributed by atoms with van der Waals surface area (Å²) in [6.45, 7) is 8.46. The number of hydrogen-bond acceptors (Lipinski definition) is 7. The number of rotatable bonds is 6. The molecule has 4 aromatic rings. The van der Waals surface area contributed by atoms with Crippen LogP contribution in [0.25, 0.3) is 22.1 Å². The maximum Gasteiger partial charge on any atom is 0.226 e. The largest absolute Gasteiger partial charge is 0.383 e. The molecule has 5 rings (SSSR count). The van der Waals surface area contributed by atoms with Crippen molar-refractivity contribution in [3.8, 4) is 0 Å². The topological polar surface area (TPSA) is 75.0 Å². The van der Waals surface area contributed by atoms with Gasteiger partial charge in [-0.25, -0.2) is 4.98 Å². The molecular weight excluding hydrogens is 447 g/mol. The standard InChI is InChI=1S/C22H24Cl2N8/c1-2-30-9-11-31(12-10-30)20-19-21(29-22(24)28-20)32(14-27-19)8-7-26-17-5-6-25-18-13-15(23)3-4-16(17)18/h3-6,13-14H,2,7-12H2,1H3,(H,25,26). The molecule has 166 valence electrons. The molecule has 0 aliphatic carbocycles. The highest BCUT2D eigenvalue weighted by Gasteiger charge is 2.22. The van der Waals surface area contributed by atoms with Gasteiger partial charge in [-0.1, -0.05) is 18.5 Å². The number of piperazine rings is 1.